The summed E-state index contributed by atoms with van der Waals surface area (Å²) >= 11 is 0. The summed E-state index contributed by atoms with van der Waals surface area (Å²) in [4.78, 5) is 10.1. The van der Waals surface area contributed by atoms with E-state index in [0.717, 1.165) is 0 Å². The number of carbonyl (C=O) groups is 1. The maximum Gasteiger partial charge on any atom is 0.304 e. The van der Waals surface area contributed by atoms with Crippen LogP contribution in [0.4, 0.5) is 0 Å². The van der Waals surface area contributed by atoms with Crippen molar-refractivity contribution in [2.24, 2.45) is 0 Å². The lowest BCUT2D eigenvalue weighted by molar-refractivity contribution is -0.136. The van der Waals surface area contributed by atoms with Crippen molar-refractivity contribution in [2.75, 3.05) is 19.7 Å². The van der Waals surface area contributed by atoms with Gasteiger partial charge in [0, 0.05) is 13.1 Å². The maximum absolute atomic E-state index is 10.1. The quantitative estimate of drug-likeness (QED) is 0.552. The molecule has 0 aromatic heterocycles. The van der Waals surface area contributed by atoms with Gasteiger partial charge in [0.2, 0.25) is 0 Å². The number of nitrogens with one attached hydrogen (secondary N) is 1. The molecule has 0 aromatic rings. The van der Waals surface area contributed by atoms with Crippen molar-refractivity contribution in [3.63, 3.8) is 0 Å². The Morgan fingerprint density at radius 3 is 2.67 bits per heavy atom. The van der Waals surface area contributed by atoms with Crippen molar-refractivity contribution in [3.8, 4) is 0 Å². The van der Waals surface area contributed by atoms with Crippen LogP contribution in [0.5, 0.6) is 0 Å². The highest BCUT2D eigenvalue weighted by atomic mass is 16.5. The van der Waals surface area contributed by atoms with Crippen LogP contribution in [0.15, 0.2) is 0 Å². The summed E-state index contributed by atoms with van der Waals surface area (Å²) in [5.41, 5.74) is 0. The van der Waals surface area contributed by atoms with Gasteiger partial charge in [0.1, 0.15) is 0 Å². The Morgan fingerprint density at radius 1 is 1.50 bits per heavy atom. The largest absolute Gasteiger partial charge is 0.481 e. The van der Waals surface area contributed by atoms with Crippen LogP contribution < -0.4 is 5.32 Å². The van der Waals surface area contributed by atoms with Crippen LogP contribution in [0.3, 0.4) is 0 Å². The van der Waals surface area contributed by atoms with Gasteiger partial charge in [-0.05, 0) is 13.8 Å². The Bertz CT molecular complexity index is 125. The molecule has 0 saturated heterocycles. The maximum atomic E-state index is 10.1. The van der Waals surface area contributed by atoms with Crippen molar-refractivity contribution in [2.45, 2.75) is 26.4 Å². The second kappa shape index (κ2) is 7.06. The number of ether oxygens (including phenoxy) is 1. The smallest absolute Gasteiger partial charge is 0.304 e. The van der Waals surface area contributed by atoms with E-state index in [1.54, 1.807) is 0 Å². The van der Waals surface area contributed by atoms with E-state index in [4.69, 9.17) is 9.84 Å². The summed E-state index contributed by atoms with van der Waals surface area (Å²) in [6.07, 6.45) is 0.410. The van der Waals surface area contributed by atoms with Crippen molar-refractivity contribution >= 4 is 5.97 Å². The standard InChI is InChI=1S/C8H17NO3/c1-7(2)12-6-5-9-4-3-8(10)11/h7,9H,3-6H2,1-2H3,(H,10,11). The lowest BCUT2D eigenvalue weighted by Crippen LogP contribution is -2.23. The molecule has 4 nitrogen and oxygen atoms in total. The molecular weight excluding hydrogens is 158 g/mol. The van der Waals surface area contributed by atoms with Crippen molar-refractivity contribution in [3.05, 3.63) is 0 Å². The van der Waals surface area contributed by atoms with E-state index in [1.165, 1.54) is 0 Å². The van der Waals surface area contributed by atoms with Crippen LogP contribution in [0.1, 0.15) is 20.3 Å². The highest BCUT2D eigenvalue weighted by Gasteiger charge is 1.95. The van der Waals surface area contributed by atoms with Crippen LogP contribution in [-0.2, 0) is 9.53 Å². The predicted molar refractivity (Wildman–Crippen MR) is 46.2 cm³/mol. The van der Waals surface area contributed by atoms with Gasteiger partial charge >= 0.3 is 5.97 Å². The van der Waals surface area contributed by atoms with E-state index in [2.05, 4.69) is 5.32 Å². The first kappa shape index (κ1) is 11.4. The molecule has 2 N–H and O–H groups in total. The molecule has 0 aliphatic heterocycles. The van der Waals surface area contributed by atoms with Crippen LogP contribution in [0, 0.1) is 0 Å². The predicted octanol–water partition coefficient (Wildman–Crippen LogP) is 0.476. The molecule has 0 aliphatic rings. The molecule has 4 heteroatoms. The van der Waals surface area contributed by atoms with E-state index in [-0.39, 0.29) is 12.5 Å². The summed E-state index contributed by atoms with van der Waals surface area (Å²) in [7, 11) is 0. The molecular formula is C8H17NO3. The van der Waals surface area contributed by atoms with Gasteiger partial charge in [-0.15, -0.1) is 0 Å². The molecule has 0 saturated carbocycles. The van der Waals surface area contributed by atoms with E-state index in [9.17, 15) is 4.79 Å². The molecule has 0 bridgehead atoms. The van der Waals surface area contributed by atoms with Gasteiger partial charge in [-0.2, -0.15) is 0 Å². The van der Waals surface area contributed by atoms with Gasteiger partial charge in [0.15, 0.2) is 0 Å². The number of rotatable bonds is 7. The van der Waals surface area contributed by atoms with E-state index >= 15 is 0 Å². The lowest BCUT2D eigenvalue weighted by atomic mass is 10.4. The van der Waals surface area contributed by atoms with Gasteiger partial charge in [-0.25, -0.2) is 0 Å². The first-order valence-electron chi connectivity index (χ1n) is 4.17. The zero-order valence-electron chi connectivity index (χ0n) is 7.67. The highest BCUT2D eigenvalue weighted by Crippen LogP contribution is 1.85. The molecule has 0 atom stereocenters. The van der Waals surface area contributed by atoms with Gasteiger partial charge in [0.25, 0.3) is 0 Å². The molecule has 0 aromatic carbocycles. The van der Waals surface area contributed by atoms with Gasteiger partial charge < -0.3 is 15.2 Å². The molecule has 0 aliphatic carbocycles. The fourth-order valence-electron chi connectivity index (χ4n) is 0.687. The molecule has 0 amide bonds. The lowest BCUT2D eigenvalue weighted by Gasteiger charge is -2.07. The van der Waals surface area contributed by atoms with E-state index < -0.39 is 5.97 Å². The third-order valence-electron chi connectivity index (χ3n) is 1.25. The van der Waals surface area contributed by atoms with Gasteiger partial charge in [0.05, 0.1) is 19.1 Å². The van der Waals surface area contributed by atoms with E-state index in [1.807, 2.05) is 13.8 Å². The number of hydrogen-bond donors (Lipinski definition) is 2. The fourth-order valence-corrected chi connectivity index (χ4v) is 0.687. The van der Waals surface area contributed by atoms with E-state index in [0.29, 0.717) is 19.7 Å². The van der Waals surface area contributed by atoms with Crippen LogP contribution in [0.2, 0.25) is 0 Å². The van der Waals surface area contributed by atoms with Gasteiger partial charge in [-0.3, -0.25) is 4.79 Å². The Labute approximate surface area is 72.9 Å². The average molecular weight is 175 g/mol. The Morgan fingerprint density at radius 2 is 2.17 bits per heavy atom. The molecule has 0 radical (unpaired) electrons. The SMILES string of the molecule is CC(C)OCCNCCC(=O)O. The van der Waals surface area contributed by atoms with Gasteiger partial charge in [-0.1, -0.05) is 0 Å². The summed E-state index contributed by atoms with van der Waals surface area (Å²) in [6.45, 7) is 5.80. The molecule has 0 spiro atoms. The van der Waals surface area contributed by atoms with Crippen molar-refractivity contribution < 1.29 is 14.6 Å². The molecule has 12 heavy (non-hydrogen) atoms. The monoisotopic (exact) mass is 175 g/mol. The zero-order chi connectivity index (χ0) is 9.40. The highest BCUT2D eigenvalue weighted by molar-refractivity contribution is 5.66. The third-order valence-corrected chi connectivity index (χ3v) is 1.25. The van der Waals surface area contributed by atoms with Crippen LogP contribution in [0.25, 0.3) is 0 Å². The molecule has 0 unspecified atom stereocenters. The molecule has 0 fully saturated rings. The summed E-state index contributed by atoms with van der Waals surface area (Å²) in [5.74, 6) is -0.771. The Balaban J connectivity index is 2.96. The first-order chi connectivity index (χ1) is 5.63. The molecule has 72 valence electrons. The number of carboxylic acids is 1. The second-order valence-electron chi connectivity index (χ2n) is 2.81. The van der Waals surface area contributed by atoms with Crippen LogP contribution >= 0.6 is 0 Å². The van der Waals surface area contributed by atoms with Crippen molar-refractivity contribution in [1.82, 2.24) is 5.32 Å². The minimum Gasteiger partial charge on any atom is -0.481 e. The second-order valence-corrected chi connectivity index (χ2v) is 2.81. The first-order valence-corrected chi connectivity index (χ1v) is 4.17. The minimum absolute atomic E-state index is 0.168. The van der Waals surface area contributed by atoms with Crippen molar-refractivity contribution in [1.29, 1.82) is 0 Å². The molecule has 0 rings (SSSR count). The summed E-state index contributed by atoms with van der Waals surface area (Å²) < 4.78 is 5.24. The number of aliphatic carboxylic acids is 1. The number of hydrogen-bond acceptors (Lipinski definition) is 3. The summed E-state index contributed by atoms with van der Waals surface area (Å²) in [5, 5.41) is 11.3. The average Bonchev–Trinajstić information content (AvgIpc) is 1.95. The fraction of sp³-hybridized carbons (Fsp3) is 0.875. The Kier molecular flexibility index (Phi) is 6.70. The topological polar surface area (TPSA) is 58.6 Å². The number of carboxylic acid groups (broad SMARTS) is 1. The third kappa shape index (κ3) is 9.39. The normalized spacial score (nSPS) is 10.6. The van der Waals surface area contributed by atoms with Crippen LogP contribution in [-0.4, -0.2) is 36.9 Å². The summed E-state index contributed by atoms with van der Waals surface area (Å²) in [6, 6.07) is 0. The Hall–Kier alpha value is -0.610. The molecule has 0 heterocycles. The zero-order valence-corrected chi connectivity index (χ0v) is 7.67. The minimum atomic E-state index is -0.771.